The van der Waals surface area contributed by atoms with E-state index in [1.165, 1.54) is 11.8 Å². The molecular weight excluding hydrogens is 348 g/mol. The number of nitrogens with zero attached hydrogens (tertiary/aromatic N) is 3. The Kier molecular flexibility index (Phi) is 5.22. The monoisotopic (exact) mass is 362 g/mol. The van der Waals surface area contributed by atoms with Gasteiger partial charge in [0.05, 0.1) is 12.3 Å². The van der Waals surface area contributed by atoms with Crippen molar-refractivity contribution in [3.63, 3.8) is 0 Å². The number of halogens is 1. The highest BCUT2D eigenvalue weighted by molar-refractivity contribution is 7.99. The summed E-state index contributed by atoms with van der Waals surface area (Å²) in [6.45, 7) is 0.339. The lowest BCUT2D eigenvalue weighted by molar-refractivity contribution is -0.118. The third kappa shape index (κ3) is 4.18. The smallest absolute Gasteiger partial charge is 0.230 e. The summed E-state index contributed by atoms with van der Waals surface area (Å²) in [6, 6.07) is 11.1. The molecule has 0 fully saturated rings. The van der Waals surface area contributed by atoms with E-state index in [0.717, 1.165) is 11.3 Å². The molecule has 0 aliphatic carbocycles. The first kappa shape index (κ1) is 16.6. The molecule has 0 saturated carbocycles. The van der Waals surface area contributed by atoms with Gasteiger partial charge in [0.25, 0.3) is 0 Å². The predicted molar refractivity (Wildman–Crippen MR) is 92.7 cm³/mol. The number of benzene rings is 1. The zero-order valence-corrected chi connectivity index (χ0v) is 14.5. The highest BCUT2D eigenvalue weighted by atomic mass is 35.5. The first-order chi connectivity index (χ1) is 11.6. The minimum Gasteiger partial charge on any atom is -0.459 e. The molecule has 0 aliphatic heterocycles. The molecule has 0 aliphatic rings. The summed E-state index contributed by atoms with van der Waals surface area (Å²) in [7, 11) is 1.83. The zero-order chi connectivity index (χ0) is 16.9. The van der Waals surface area contributed by atoms with E-state index < -0.39 is 0 Å². The molecule has 0 radical (unpaired) electrons. The minimum atomic E-state index is -0.0903. The van der Waals surface area contributed by atoms with E-state index in [4.69, 9.17) is 16.0 Å². The highest BCUT2D eigenvalue weighted by Crippen LogP contribution is 2.23. The molecule has 2 aromatic heterocycles. The number of amides is 1. The predicted octanol–water partition coefficient (Wildman–Crippen LogP) is 3.14. The number of thioether (sulfide) groups is 1. The maximum Gasteiger partial charge on any atom is 0.230 e. The Balaban J connectivity index is 1.51. The third-order valence-corrected chi connectivity index (χ3v) is 4.54. The SMILES string of the molecule is Cn1cnnc1SCC(=O)NCc1ccc(-c2ccc(Cl)cc2)o1. The quantitative estimate of drug-likeness (QED) is 0.682. The van der Waals surface area contributed by atoms with Crippen LogP contribution in [0.5, 0.6) is 0 Å². The lowest BCUT2D eigenvalue weighted by atomic mass is 10.2. The second kappa shape index (κ2) is 7.55. The molecule has 1 amide bonds. The summed E-state index contributed by atoms with van der Waals surface area (Å²) < 4.78 is 7.51. The van der Waals surface area contributed by atoms with E-state index in [1.807, 2.05) is 43.4 Å². The summed E-state index contributed by atoms with van der Waals surface area (Å²) in [5.74, 6) is 1.62. The summed E-state index contributed by atoms with van der Waals surface area (Å²) in [5.41, 5.74) is 0.940. The molecule has 2 heterocycles. The van der Waals surface area contributed by atoms with Gasteiger partial charge in [0.1, 0.15) is 17.8 Å². The lowest BCUT2D eigenvalue weighted by Gasteiger charge is -2.03. The van der Waals surface area contributed by atoms with Crippen LogP contribution in [0, 0.1) is 0 Å². The number of furan rings is 1. The van der Waals surface area contributed by atoms with Crippen molar-refractivity contribution in [2.45, 2.75) is 11.7 Å². The Hall–Kier alpha value is -2.25. The average Bonchev–Trinajstić information content (AvgIpc) is 3.21. The number of carbonyl (C=O) groups is 1. The molecule has 8 heteroatoms. The number of rotatable bonds is 6. The molecular formula is C16H15ClN4O2S. The second-order valence-electron chi connectivity index (χ2n) is 5.06. The molecule has 1 aromatic carbocycles. The Morgan fingerprint density at radius 1 is 1.29 bits per heavy atom. The van der Waals surface area contributed by atoms with Crippen molar-refractivity contribution in [3.05, 3.63) is 53.5 Å². The van der Waals surface area contributed by atoms with Crippen molar-refractivity contribution in [2.75, 3.05) is 5.75 Å². The maximum absolute atomic E-state index is 11.9. The van der Waals surface area contributed by atoms with E-state index >= 15 is 0 Å². The Morgan fingerprint density at radius 2 is 2.08 bits per heavy atom. The van der Waals surface area contributed by atoms with Crippen LogP contribution in [0.15, 0.2) is 52.3 Å². The van der Waals surface area contributed by atoms with Crippen LogP contribution in [0.1, 0.15) is 5.76 Å². The van der Waals surface area contributed by atoms with Crippen LogP contribution in [0.3, 0.4) is 0 Å². The van der Waals surface area contributed by atoms with Crippen LogP contribution in [0.2, 0.25) is 5.02 Å². The van der Waals surface area contributed by atoms with E-state index in [-0.39, 0.29) is 11.7 Å². The van der Waals surface area contributed by atoms with Crippen molar-refractivity contribution in [1.29, 1.82) is 0 Å². The first-order valence-corrected chi connectivity index (χ1v) is 8.56. The van der Waals surface area contributed by atoms with Gasteiger partial charge in [-0.15, -0.1) is 10.2 Å². The van der Waals surface area contributed by atoms with Crippen LogP contribution in [0.4, 0.5) is 0 Å². The van der Waals surface area contributed by atoms with E-state index in [0.29, 0.717) is 22.5 Å². The Bertz CT molecular complexity index is 829. The molecule has 124 valence electrons. The molecule has 3 aromatic rings. The van der Waals surface area contributed by atoms with Gasteiger partial charge in [-0.05, 0) is 36.4 Å². The maximum atomic E-state index is 11.9. The fraction of sp³-hybridized carbons (Fsp3) is 0.188. The number of aryl methyl sites for hydroxylation is 1. The molecule has 3 rings (SSSR count). The number of nitrogens with one attached hydrogen (secondary N) is 1. The summed E-state index contributed by atoms with van der Waals surface area (Å²) >= 11 is 7.21. The van der Waals surface area contributed by atoms with Gasteiger partial charge in [0, 0.05) is 17.6 Å². The van der Waals surface area contributed by atoms with Gasteiger partial charge >= 0.3 is 0 Å². The molecule has 0 unspecified atom stereocenters. The van der Waals surface area contributed by atoms with Crippen molar-refractivity contribution in [1.82, 2.24) is 20.1 Å². The van der Waals surface area contributed by atoms with Gasteiger partial charge in [-0.2, -0.15) is 0 Å². The number of aromatic nitrogens is 3. The molecule has 0 saturated heterocycles. The molecule has 0 bridgehead atoms. The van der Waals surface area contributed by atoms with Crippen LogP contribution < -0.4 is 5.32 Å². The molecule has 24 heavy (non-hydrogen) atoms. The van der Waals surface area contributed by atoms with Crippen molar-refractivity contribution in [2.24, 2.45) is 7.05 Å². The summed E-state index contributed by atoms with van der Waals surface area (Å²) in [4.78, 5) is 11.9. The van der Waals surface area contributed by atoms with Gasteiger partial charge in [-0.25, -0.2) is 0 Å². The zero-order valence-electron chi connectivity index (χ0n) is 12.9. The standard InChI is InChI=1S/C16H15ClN4O2S/c1-21-10-19-20-16(21)24-9-15(22)18-8-13-6-7-14(23-13)11-2-4-12(17)5-3-11/h2-7,10H,8-9H2,1H3,(H,18,22). The van der Waals surface area contributed by atoms with Crippen LogP contribution in [-0.4, -0.2) is 26.4 Å². The number of carbonyl (C=O) groups excluding carboxylic acids is 1. The molecule has 6 nitrogen and oxygen atoms in total. The minimum absolute atomic E-state index is 0.0903. The molecule has 0 spiro atoms. The molecule has 1 N–H and O–H groups in total. The third-order valence-electron chi connectivity index (χ3n) is 3.25. The Morgan fingerprint density at radius 3 is 2.79 bits per heavy atom. The fourth-order valence-corrected chi connectivity index (χ4v) is 2.86. The van der Waals surface area contributed by atoms with Crippen LogP contribution in [-0.2, 0) is 18.4 Å². The van der Waals surface area contributed by atoms with E-state index in [2.05, 4.69) is 15.5 Å². The van der Waals surface area contributed by atoms with Crippen molar-refractivity contribution >= 4 is 29.3 Å². The van der Waals surface area contributed by atoms with Crippen molar-refractivity contribution in [3.8, 4) is 11.3 Å². The highest BCUT2D eigenvalue weighted by Gasteiger charge is 2.09. The summed E-state index contributed by atoms with van der Waals surface area (Å²) in [5, 5.41) is 11.9. The van der Waals surface area contributed by atoms with Gasteiger partial charge in [0.15, 0.2) is 5.16 Å². The van der Waals surface area contributed by atoms with Crippen molar-refractivity contribution < 1.29 is 9.21 Å². The van der Waals surface area contributed by atoms with Gasteiger partial charge in [-0.1, -0.05) is 23.4 Å². The van der Waals surface area contributed by atoms with Crippen LogP contribution in [0.25, 0.3) is 11.3 Å². The normalized spacial score (nSPS) is 10.8. The number of hydrogen-bond donors (Lipinski definition) is 1. The van der Waals surface area contributed by atoms with Gasteiger partial charge in [-0.3, -0.25) is 4.79 Å². The largest absolute Gasteiger partial charge is 0.459 e. The fourth-order valence-electron chi connectivity index (χ4n) is 2.01. The van der Waals surface area contributed by atoms with Gasteiger partial charge < -0.3 is 14.3 Å². The summed E-state index contributed by atoms with van der Waals surface area (Å²) in [6.07, 6.45) is 1.60. The van der Waals surface area contributed by atoms with E-state index in [9.17, 15) is 4.79 Å². The van der Waals surface area contributed by atoms with Crippen LogP contribution >= 0.6 is 23.4 Å². The topological polar surface area (TPSA) is 73.0 Å². The lowest BCUT2D eigenvalue weighted by Crippen LogP contribution is -2.24. The van der Waals surface area contributed by atoms with Gasteiger partial charge in [0.2, 0.25) is 5.91 Å². The first-order valence-electron chi connectivity index (χ1n) is 7.20. The number of hydrogen-bond acceptors (Lipinski definition) is 5. The Labute approximate surface area is 148 Å². The second-order valence-corrected chi connectivity index (χ2v) is 6.44. The molecule has 0 atom stereocenters. The van der Waals surface area contributed by atoms with E-state index in [1.54, 1.807) is 10.9 Å². The average molecular weight is 363 g/mol.